The first-order chi connectivity index (χ1) is 10.9. The molecule has 2 rings (SSSR count). The Kier molecular flexibility index (Phi) is 5.40. The molecule has 0 aliphatic carbocycles. The maximum Gasteiger partial charge on any atom is 0.228 e. The molecule has 122 valence electrons. The molecule has 1 amide bonds. The molecule has 0 spiro atoms. The number of phenolic OH excluding ortho intramolecular Hbond substituents is 1. The smallest absolute Gasteiger partial charge is 0.228 e. The normalized spacial score (nSPS) is 12.7. The maximum absolute atomic E-state index is 12.7. The van der Waals surface area contributed by atoms with Gasteiger partial charge in [0, 0.05) is 0 Å². The van der Waals surface area contributed by atoms with E-state index in [-0.39, 0.29) is 24.2 Å². The van der Waals surface area contributed by atoms with Gasteiger partial charge in [-0.15, -0.1) is 0 Å². The van der Waals surface area contributed by atoms with Crippen LogP contribution in [0.15, 0.2) is 54.6 Å². The van der Waals surface area contributed by atoms with Crippen molar-refractivity contribution in [2.45, 2.75) is 31.7 Å². The zero-order valence-corrected chi connectivity index (χ0v) is 13.5. The van der Waals surface area contributed by atoms with Crippen molar-refractivity contribution in [2.24, 2.45) is 0 Å². The number of carbonyl (C=O) groups excluding carboxylic acids is 1. The minimum Gasteiger partial charge on any atom is -0.508 e. The molecule has 0 bridgehead atoms. The standard InChI is InChI=1S/C19H23NO3/c1-19(2,13-21)20-18(23)17(15-6-4-3-5-7-15)12-14-8-10-16(22)11-9-14/h3-11,17,21-22H,12-13H2,1-2H3,(H,20,23)/t17-/m1/s1. The minimum atomic E-state index is -0.668. The molecule has 0 aliphatic heterocycles. The molecule has 0 saturated heterocycles. The summed E-state index contributed by atoms with van der Waals surface area (Å²) < 4.78 is 0. The second kappa shape index (κ2) is 7.29. The van der Waals surface area contributed by atoms with E-state index >= 15 is 0 Å². The van der Waals surface area contributed by atoms with Gasteiger partial charge in [0.15, 0.2) is 0 Å². The summed E-state index contributed by atoms with van der Waals surface area (Å²) in [6, 6.07) is 16.4. The largest absolute Gasteiger partial charge is 0.508 e. The van der Waals surface area contributed by atoms with Crippen molar-refractivity contribution in [3.63, 3.8) is 0 Å². The summed E-state index contributed by atoms with van der Waals surface area (Å²) in [4.78, 5) is 12.7. The van der Waals surface area contributed by atoms with Gasteiger partial charge in [0.25, 0.3) is 0 Å². The lowest BCUT2D eigenvalue weighted by atomic mass is 9.90. The summed E-state index contributed by atoms with van der Waals surface area (Å²) in [6.45, 7) is 3.44. The van der Waals surface area contributed by atoms with Crippen LogP contribution in [-0.4, -0.2) is 28.3 Å². The van der Waals surface area contributed by atoms with Gasteiger partial charge in [0.05, 0.1) is 18.1 Å². The Balaban J connectivity index is 2.25. The van der Waals surface area contributed by atoms with E-state index in [9.17, 15) is 15.0 Å². The Morgan fingerprint density at radius 1 is 1.09 bits per heavy atom. The van der Waals surface area contributed by atoms with Crippen LogP contribution in [0.4, 0.5) is 0 Å². The van der Waals surface area contributed by atoms with Crippen molar-refractivity contribution in [1.29, 1.82) is 0 Å². The second-order valence-corrected chi connectivity index (χ2v) is 6.37. The minimum absolute atomic E-state index is 0.122. The summed E-state index contributed by atoms with van der Waals surface area (Å²) >= 11 is 0. The van der Waals surface area contributed by atoms with Crippen LogP contribution in [0, 0.1) is 0 Å². The van der Waals surface area contributed by atoms with E-state index in [1.54, 1.807) is 26.0 Å². The Hall–Kier alpha value is -2.33. The molecule has 0 aromatic heterocycles. The lowest BCUT2D eigenvalue weighted by Gasteiger charge is -2.27. The first-order valence-corrected chi connectivity index (χ1v) is 7.67. The predicted molar refractivity (Wildman–Crippen MR) is 90.3 cm³/mol. The fourth-order valence-electron chi connectivity index (χ4n) is 2.38. The molecule has 2 aromatic rings. The third kappa shape index (κ3) is 4.83. The van der Waals surface area contributed by atoms with Crippen LogP contribution in [0.25, 0.3) is 0 Å². The lowest BCUT2D eigenvalue weighted by Crippen LogP contribution is -2.48. The summed E-state index contributed by atoms with van der Waals surface area (Å²) in [7, 11) is 0. The van der Waals surface area contributed by atoms with Gasteiger partial charge in [0.2, 0.25) is 5.91 Å². The molecule has 0 heterocycles. The molecule has 0 radical (unpaired) electrons. The van der Waals surface area contributed by atoms with Crippen molar-refractivity contribution >= 4 is 5.91 Å². The Morgan fingerprint density at radius 2 is 1.70 bits per heavy atom. The zero-order valence-electron chi connectivity index (χ0n) is 13.5. The predicted octanol–water partition coefficient (Wildman–Crippen LogP) is 2.61. The molecule has 0 aliphatic rings. The molecule has 2 aromatic carbocycles. The van der Waals surface area contributed by atoms with E-state index in [1.165, 1.54) is 0 Å². The van der Waals surface area contributed by atoms with E-state index in [0.717, 1.165) is 11.1 Å². The van der Waals surface area contributed by atoms with Crippen LogP contribution in [-0.2, 0) is 11.2 Å². The number of carbonyl (C=O) groups is 1. The van der Waals surface area contributed by atoms with Gasteiger partial charge in [0.1, 0.15) is 5.75 Å². The highest BCUT2D eigenvalue weighted by Gasteiger charge is 2.26. The molecular formula is C19H23NO3. The van der Waals surface area contributed by atoms with Crippen molar-refractivity contribution in [2.75, 3.05) is 6.61 Å². The van der Waals surface area contributed by atoms with Gasteiger partial charge in [-0.05, 0) is 43.5 Å². The van der Waals surface area contributed by atoms with Crippen LogP contribution >= 0.6 is 0 Å². The lowest BCUT2D eigenvalue weighted by molar-refractivity contribution is -0.124. The zero-order chi connectivity index (χ0) is 16.9. The average Bonchev–Trinajstić information content (AvgIpc) is 2.54. The quantitative estimate of drug-likeness (QED) is 0.768. The molecular weight excluding hydrogens is 290 g/mol. The number of amides is 1. The number of nitrogens with one attached hydrogen (secondary N) is 1. The maximum atomic E-state index is 12.7. The summed E-state index contributed by atoms with van der Waals surface area (Å²) in [5.74, 6) is -0.272. The van der Waals surface area contributed by atoms with Crippen molar-refractivity contribution in [3.05, 3.63) is 65.7 Å². The number of aliphatic hydroxyl groups excluding tert-OH is 1. The van der Waals surface area contributed by atoms with Crippen molar-refractivity contribution in [3.8, 4) is 5.75 Å². The molecule has 0 fully saturated rings. The van der Waals surface area contributed by atoms with Gasteiger partial charge >= 0.3 is 0 Å². The molecule has 4 heteroatoms. The van der Waals surface area contributed by atoms with Gasteiger partial charge in [-0.25, -0.2) is 0 Å². The van der Waals surface area contributed by atoms with E-state index in [2.05, 4.69) is 5.32 Å². The number of aromatic hydroxyl groups is 1. The van der Waals surface area contributed by atoms with Gasteiger partial charge in [-0.1, -0.05) is 42.5 Å². The Bertz CT molecular complexity index is 635. The number of hydrogen-bond acceptors (Lipinski definition) is 3. The van der Waals surface area contributed by atoms with E-state index < -0.39 is 5.54 Å². The molecule has 3 N–H and O–H groups in total. The monoisotopic (exact) mass is 313 g/mol. The Labute approximate surface area is 136 Å². The van der Waals surface area contributed by atoms with Crippen LogP contribution in [0.1, 0.15) is 30.9 Å². The van der Waals surface area contributed by atoms with Crippen molar-refractivity contribution in [1.82, 2.24) is 5.32 Å². The third-order valence-corrected chi connectivity index (χ3v) is 3.75. The summed E-state index contributed by atoms with van der Waals surface area (Å²) in [5.41, 5.74) is 1.22. The number of phenols is 1. The molecule has 0 unspecified atom stereocenters. The number of rotatable bonds is 6. The molecule has 0 saturated carbocycles. The molecule has 1 atom stereocenters. The van der Waals surface area contributed by atoms with Crippen LogP contribution in [0.2, 0.25) is 0 Å². The summed E-state index contributed by atoms with van der Waals surface area (Å²) in [6.07, 6.45) is 0.525. The Morgan fingerprint density at radius 3 is 2.26 bits per heavy atom. The fraction of sp³-hybridized carbons (Fsp3) is 0.316. The number of benzene rings is 2. The van der Waals surface area contributed by atoms with Crippen LogP contribution in [0.5, 0.6) is 5.75 Å². The number of aliphatic hydroxyl groups is 1. The summed E-state index contributed by atoms with van der Waals surface area (Å²) in [5, 5.41) is 21.7. The number of hydrogen-bond donors (Lipinski definition) is 3. The van der Waals surface area contributed by atoms with E-state index in [4.69, 9.17) is 0 Å². The van der Waals surface area contributed by atoms with E-state index in [1.807, 2.05) is 42.5 Å². The van der Waals surface area contributed by atoms with Crippen molar-refractivity contribution < 1.29 is 15.0 Å². The van der Waals surface area contributed by atoms with E-state index in [0.29, 0.717) is 6.42 Å². The third-order valence-electron chi connectivity index (χ3n) is 3.75. The highest BCUT2D eigenvalue weighted by Crippen LogP contribution is 2.23. The second-order valence-electron chi connectivity index (χ2n) is 6.37. The molecule has 4 nitrogen and oxygen atoms in total. The SMILES string of the molecule is CC(C)(CO)NC(=O)[C@H](Cc1ccc(O)cc1)c1ccccc1. The first-order valence-electron chi connectivity index (χ1n) is 7.67. The van der Waals surface area contributed by atoms with Gasteiger partial charge < -0.3 is 15.5 Å². The topological polar surface area (TPSA) is 69.6 Å². The van der Waals surface area contributed by atoms with Crippen LogP contribution < -0.4 is 5.32 Å². The highest BCUT2D eigenvalue weighted by atomic mass is 16.3. The van der Waals surface area contributed by atoms with Gasteiger partial charge in [-0.3, -0.25) is 4.79 Å². The molecule has 23 heavy (non-hydrogen) atoms. The van der Waals surface area contributed by atoms with Crippen LogP contribution in [0.3, 0.4) is 0 Å². The average molecular weight is 313 g/mol. The van der Waals surface area contributed by atoms with Gasteiger partial charge in [-0.2, -0.15) is 0 Å². The first kappa shape index (κ1) is 17.0. The highest BCUT2D eigenvalue weighted by molar-refractivity contribution is 5.84. The fourth-order valence-corrected chi connectivity index (χ4v) is 2.38.